The summed E-state index contributed by atoms with van der Waals surface area (Å²) in [5.74, 6) is 0.407. The lowest BCUT2D eigenvalue weighted by Crippen LogP contribution is -2.13. The molecule has 0 saturated heterocycles. The molecule has 3 aromatic rings. The second-order valence-corrected chi connectivity index (χ2v) is 6.50. The van der Waals surface area contributed by atoms with Crippen LogP contribution in [0.1, 0.15) is 16.1 Å². The van der Waals surface area contributed by atoms with Crippen LogP contribution in [0, 0.1) is 0 Å². The smallest absolute Gasteiger partial charge is 0.234 e. The molecule has 26 heavy (non-hydrogen) atoms. The first-order chi connectivity index (χ1) is 12.7. The highest BCUT2D eigenvalue weighted by Crippen LogP contribution is 2.18. The van der Waals surface area contributed by atoms with Crippen LogP contribution < -0.4 is 5.32 Å². The fraction of sp³-hybridized carbons (Fsp3) is 0.0476. The van der Waals surface area contributed by atoms with Crippen molar-refractivity contribution in [3.05, 3.63) is 90.4 Å². The number of anilines is 1. The minimum atomic E-state index is -0.190. The molecule has 0 radical (unpaired) electrons. The van der Waals surface area contributed by atoms with Crippen molar-refractivity contribution in [3.63, 3.8) is 0 Å². The summed E-state index contributed by atoms with van der Waals surface area (Å²) in [5.41, 5.74) is 1.58. The Morgan fingerprint density at radius 1 is 0.962 bits per heavy atom. The number of amides is 1. The van der Waals surface area contributed by atoms with Gasteiger partial charge in [0, 0.05) is 10.6 Å². The summed E-state index contributed by atoms with van der Waals surface area (Å²) in [6, 6.07) is 20.4. The van der Waals surface area contributed by atoms with Crippen molar-refractivity contribution in [1.29, 1.82) is 0 Å². The van der Waals surface area contributed by atoms with Crippen LogP contribution in [0.15, 0.2) is 88.4 Å². The molecule has 0 fully saturated rings. The average molecular weight is 363 g/mol. The number of ketones is 1. The van der Waals surface area contributed by atoms with Crippen molar-refractivity contribution in [1.82, 2.24) is 0 Å². The number of furan rings is 1. The number of hydrogen-bond acceptors (Lipinski definition) is 4. The Hall–Kier alpha value is -3.05. The molecule has 130 valence electrons. The van der Waals surface area contributed by atoms with Crippen LogP contribution in [-0.2, 0) is 4.79 Å². The van der Waals surface area contributed by atoms with Gasteiger partial charge in [-0.25, -0.2) is 0 Å². The molecule has 5 heteroatoms. The fourth-order valence-corrected chi connectivity index (χ4v) is 2.93. The van der Waals surface area contributed by atoms with Crippen LogP contribution in [0.25, 0.3) is 6.08 Å². The van der Waals surface area contributed by atoms with Gasteiger partial charge in [-0.2, -0.15) is 0 Å². The van der Waals surface area contributed by atoms with Gasteiger partial charge < -0.3 is 9.73 Å². The number of carbonyl (C=O) groups is 2. The van der Waals surface area contributed by atoms with Crippen molar-refractivity contribution in [2.75, 3.05) is 11.1 Å². The first-order valence-electron chi connectivity index (χ1n) is 8.04. The summed E-state index contributed by atoms with van der Waals surface area (Å²) in [4.78, 5) is 24.9. The van der Waals surface area contributed by atoms with Crippen LogP contribution in [0.2, 0.25) is 0 Å². The third-order valence-corrected chi connectivity index (χ3v) is 4.51. The highest BCUT2D eigenvalue weighted by atomic mass is 32.2. The normalized spacial score (nSPS) is 10.8. The number of allylic oxidation sites excluding steroid dienone is 1. The standard InChI is InChI=1S/C21H17NO3S/c23-19(20-7-4-14-25-20)13-10-16-8-11-17(12-9-16)22-21(24)15-26-18-5-2-1-3-6-18/h1-14H,15H2,(H,22,24)/b13-10+. The van der Waals surface area contributed by atoms with Crippen LogP contribution in [0.4, 0.5) is 5.69 Å². The Labute approximate surface area is 155 Å². The number of hydrogen-bond donors (Lipinski definition) is 1. The van der Waals surface area contributed by atoms with Crippen LogP contribution in [0.3, 0.4) is 0 Å². The number of carbonyl (C=O) groups excluding carboxylic acids is 2. The zero-order valence-electron chi connectivity index (χ0n) is 13.9. The zero-order valence-corrected chi connectivity index (χ0v) is 14.7. The molecule has 0 atom stereocenters. The molecule has 3 rings (SSSR count). The van der Waals surface area contributed by atoms with Gasteiger partial charge in [0.2, 0.25) is 11.7 Å². The Kier molecular flexibility index (Phi) is 6.06. The summed E-state index contributed by atoms with van der Waals surface area (Å²) < 4.78 is 5.05. The second-order valence-electron chi connectivity index (χ2n) is 5.45. The maximum absolute atomic E-state index is 12.0. The molecule has 0 bridgehead atoms. The molecule has 2 aromatic carbocycles. The molecular formula is C21H17NO3S. The van der Waals surface area contributed by atoms with Crippen molar-refractivity contribution in [2.24, 2.45) is 0 Å². The van der Waals surface area contributed by atoms with Gasteiger partial charge in [0.15, 0.2) is 5.76 Å². The van der Waals surface area contributed by atoms with Crippen molar-refractivity contribution >= 4 is 35.2 Å². The molecule has 1 N–H and O–H groups in total. The Morgan fingerprint density at radius 2 is 1.73 bits per heavy atom. The zero-order chi connectivity index (χ0) is 18.2. The van der Waals surface area contributed by atoms with E-state index in [1.807, 2.05) is 54.6 Å². The van der Waals surface area contributed by atoms with Gasteiger partial charge in [-0.1, -0.05) is 36.4 Å². The topological polar surface area (TPSA) is 59.3 Å². The van der Waals surface area contributed by atoms with Gasteiger partial charge in [-0.15, -0.1) is 11.8 Å². The van der Waals surface area contributed by atoms with Crippen molar-refractivity contribution in [3.8, 4) is 0 Å². The van der Waals surface area contributed by atoms with Crippen molar-refractivity contribution < 1.29 is 14.0 Å². The lowest BCUT2D eigenvalue weighted by molar-refractivity contribution is -0.113. The minimum Gasteiger partial charge on any atom is -0.461 e. The maximum Gasteiger partial charge on any atom is 0.234 e. The Bertz CT molecular complexity index is 885. The highest BCUT2D eigenvalue weighted by molar-refractivity contribution is 8.00. The lowest BCUT2D eigenvalue weighted by Gasteiger charge is -2.05. The fourth-order valence-electron chi connectivity index (χ4n) is 2.21. The predicted octanol–water partition coefficient (Wildman–Crippen LogP) is 4.91. The van der Waals surface area contributed by atoms with E-state index in [0.717, 1.165) is 16.1 Å². The summed E-state index contributed by atoms with van der Waals surface area (Å²) >= 11 is 1.49. The van der Waals surface area contributed by atoms with Gasteiger partial charge in [0.25, 0.3) is 0 Å². The van der Waals surface area contributed by atoms with Gasteiger partial charge in [0.05, 0.1) is 12.0 Å². The van der Waals surface area contributed by atoms with E-state index in [4.69, 9.17) is 4.42 Å². The molecular weight excluding hydrogens is 346 g/mol. The molecule has 0 unspecified atom stereocenters. The largest absolute Gasteiger partial charge is 0.461 e. The third-order valence-electron chi connectivity index (χ3n) is 3.50. The van der Waals surface area contributed by atoms with E-state index in [2.05, 4.69) is 5.32 Å². The number of rotatable bonds is 7. The summed E-state index contributed by atoms with van der Waals surface area (Å²) in [7, 11) is 0. The third kappa shape index (κ3) is 5.22. The molecule has 1 heterocycles. The molecule has 0 aliphatic rings. The summed E-state index contributed by atoms with van der Waals surface area (Å²) in [5, 5.41) is 2.86. The quantitative estimate of drug-likeness (QED) is 0.368. The van der Waals surface area contributed by atoms with Gasteiger partial charge >= 0.3 is 0 Å². The molecule has 1 amide bonds. The molecule has 0 spiro atoms. The molecule has 0 saturated carbocycles. The average Bonchev–Trinajstić information content (AvgIpc) is 3.21. The number of thioether (sulfide) groups is 1. The minimum absolute atomic E-state index is 0.0601. The molecule has 0 aliphatic heterocycles. The van der Waals surface area contributed by atoms with Crippen molar-refractivity contribution in [2.45, 2.75) is 4.90 Å². The number of benzene rings is 2. The SMILES string of the molecule is O=C(CSc1ccccc1)Nc1ccc(/C=C/C(=O)c2ccco2)cc1. The first-order valence-corrected chi connectivity index (χ1v) is 9.03. The number of nitrogens with one attached hydrogen (secondary N) is 1. The van der Waals surface area contributed by atoms with Crippen LogP contribution in [0.5, 0.6) is 0 Å². The molecule has 1 aromatic heterocycles. The Morgan fingerprint density at radius 3 is 2.42 bits per heavy atom. The van der Waals surface area contributed by atoms with Crippen LogP contribution in [-0.4, -0.2) is 17.4 Å². The molecule has 4 nitrogen and oxygen atoms in total. The van der Waals surface area contributed by atoms with Gasteiger partial charge in [-0.05, 0) is 48.0 Å². The first kappa shape index (κ1) is 17.8. The predicted molar refractivity (Wildman–Crippen MR) is 104 cm³/mol. The van der Waals surface area contributed by atoms with Crippen LogP contribution >= 0.6 is 11.8 Å². The van der Waals surface area contributed by atoms with Gasteiger partial charge in [0.1, 0.15) is 0 Å². The van der Waals surface area contributed by atoms with E-state index in [1.54, 1.807) is 18.2 Å². The van der Waals surface area contributed by atoms with E-state index >= 15 is 0 Å². The van der Waals surface area contributed by atoms with E-state index in [1.165, 1.54) is 24.1 Å². The van der Waals surface area contributed by atoms with E-state index in [-0.39, 0.29) is 11.7 Å². The van der Waals surface area contributed by atoms with Gasteiger partial charge in [-0.3, -0.25) is 9.59 Å². The van der Waals surface area contributed by atoms with E-state index in [9.17, 15) is 9.59 Å². The monoisotopic (exact) mass is 363 g/mol. The Balaban J connectivity index is 1.51. The molecule has 0 aliphatic carbocycles. The maximum atomic E-state index is 12.0. The lowest BCUT2D eigenvalue weighted by atomic mass is 10.1. The summed E-state index contributed by atoms with van der Waals surface area (Å²) in [6.45, 7) is 0. The van der Waals surface area contributed by atoms with E-state index < -0.39 is 0 Å². The summed E-state index contributed by atoms with van der Waals surface area (Å²) in [6.07, 6.45) is 4.64. The highest BCUT2D eigenvalue weighted by Gasteiger charge is 2.05. The van der Waals surface area contributed by atoms with E-state index in [0.29, 0.717) is 11.5 Å². The second kappa shape index (κ2) is 8.87.